The summed E-state index contributed by atoms with van der Waals surface area (Å²) in [4.78, 5) is 29.2. The van der Waals surface area contributed by atoms with E-state index in [2.05, 4.69) is 12.0 Å². The number of aromatic nitrogens is 2. The van der Waals surface area contributed by atoms with Crippen molar-refractivity contribution in [1.29, 1.82) is 0 Å². The van der Waals surface area contributed by atoms with Crippen LogP contribution in [-0.4, -0.2) is 50.5 Å². The van der Waals surface area contributed by atoms with Gasteiger partial charge in [0.25, 0.3) is 5.91 Å². The van der Waals surface area contributed by atoms with E-state index in [1.54, 1.807) is 28.9 Å². The number of benzene rings is 1. The molecule has 1 unspecified atom stereocenters. The molecule has 1 aromatic carbocycles. The van der Waals surface area contributed by atoms with E-state index in [4.69, 9.17) is 0 Å². The third kappa shape index (κ3) is 3.73. The smallest absolute Gasteiger partial charge is 0.272 e. The highest BCUT2D eigenvalue weighted by Crippen LogP contribution is 2.19. The average Bonchev–Trinajstić information content (AvgIpc) is 2.99. The second-order valence-electron chi connectivity index (χ2n) is 6.41. The molecule has 6 nitrogen and oxygen atoms in total. The van der Waals surface area contributed by atoms with Crippen LogP contribution in [0, 0.1) is 0 Å². The summed E-state index contributed by atoms with van der Waals surface area (Å²) in [6.07, 6.45) is 2.79. The third-order valence-electron chi connectivity index (χ3n) is 4.78. The summed E-state index contributed by atoms with van der Waals surface area (Å²) < 4.78 is 1.58. The van der Waals surface area contributed by atoms with Gasteiger partial charge in [-0.15, -0.1) is 0 Å². The van der Waals surface area contributed by atoms with Gasteiger partial charge in [-0.1, -0.05) is 37.3 Å². The minimum atomic E-state index is -0.0622. The summed E-state index contributed by atoms with van der Waals surface area (Å²) >= 11 is 0. The summed E-state index contributed by atoms with van der Waals surface area (Å²) in [6.45, 7) is 3.66. The molecule has 1 fully saturated rings. The minimum absolute atomic E-state index is 0.0207. The third-order valence-corrected chi connectivity index (χ3v) is 4.78. The van der Waals surface area contributed by atoms with Crippen molar-refractivity contribution < 1.29 is 9.59 Å². The lowest BCUT2D eigenvalue weighted by atomic mass is 10.1. The Morgan fingerprint density at radius 2 is 2.00 bits per heavy atom. The predicted octanol–water partition coefficient (Wildman–Crippen LogP) is 2.07. The highest BCUT2D eigenvalue weighted by molar-refractivity contribution is 5.93. The van der Waals surface area contributed by atoms with Gasteiger partial charge in [-0.25, -0.2) is 0 Å². The first kappa shape index (κ1) is 17.2. The van der Waals surface area contributed by atoms with Crippen molar-refractivity contribution in [2.45, 2.75) is 32.4 Å². The first-order chi connectivity index (χ1) is 12.1. The van der Waals surface area contributed by atoms with Gasteiger partial charge in [0.2, 0.25) is 5.91 Å². The van der Waals surface area contributed by atoms with Crippen LogP contribution in [0.1, 0.15) is 35.8 Å². The normalized spacial score (nSPS) is 18.3. The van der Waals surface area contributed by atoms with Crippen LogP contribution in [-0.2, 0) is 18.4 Å². The van der Waals surface area contributed by atoms with Crippen LogP contribution in [0.15, 0.2) is 42.6 Å². The topological polar surface area (TPSA) is 58.4 Å². The highest BCUT2D eigenvalue weighted by atomic mass is 16.2. The van der Waals surface area contributed by atoms with Crippen LogP contribution < -0.4 is 0 Å². The van der Waals surface area contributed by atoms with Crippen LogP contribution in [0.4, 0.5) is 0 Å². The second kappa shape index (κ2) is 7.51. The SMILES string of the molecule is CCC1CN(C(=O)c2ccnn2C)CCC(=O)N1Cc1ccccc1. The van der Waals surface area contributed by atoms with E-state index in [0.717, 1.165) is 12.0 Å². The van der Waals surface area contributed by atoms with Gasteiger partial charge >= 0.3 is 0 Å². The number of carbonyl (C=O) groups is 2. The summed E-state index contributed by atoms with van der Waals surface area (Å²) in [6, 6.07) is 11.7. The number of nitrogens with zero attached hydrogens (tertiary/aromatic N) is 4. The molecule has 132 valence electrons. The molecule has 2 aromatic rings. The minimum Gasteiger partial charge on any atom is -0.335 e. The lowest BCUT2D eigenvalue weighted by molar-refractivity contribution is -0.133. The molecule has 2 amide bonds. The zero-order valence-electron chi connectivity index (χ0n) is 14.8. The molecular formula is C19H24N4O2. The Morgan fingerprint density at radius 1 is 1.24 bits per heavy atom. The molecule has 6 heteroatoms. The molecule has 0 saturated carbocycles. The van der Waals surface area contributed by atoms with E-state index in [0.29, 0.717) is 31.7 Å². The van der Waals surface area contributed by atoms with Crippen LogP contribution in [0.5, 0.6) is 0 Å². The number of hydrogen-bond donors (Lipinski definition) is 0. The van der Waals surface area contributed by atoms with Gasteiger partial charge in [0, 0.05) is 45.3 Å². The molecule has 1 aromatic heterocycles. The average molecular weight is 340 g/mol. The highest BCUT2D eigenvalue weighted by Gasteiger charge is 2.31. The molecule has 2 heterocycles. The van der Waals surface area contributed by atoms with Crippen LogP contribution >= 0.6 is 0 Å². The van der Waals surface area contributed by atoms with Gasteiger partial charge in [-0.3, -0.25) is 14.3 Å². The number of rotatable bonds is 4. The van der Waals surface area contributed by atoms with Crippen LogP contribution in [0.2, 0.25) is 0 Å². The first-order valence-corrected chi connectivity index (χ1v) is 8.70. The molecule has 25 heavy (non-hydrogen) atoms. The van der Waals surface area contributed by atoms with Crippen molar-refractivity contribution in [3.05, 3.63) is 53.9 Å². The molecule has 0 aliphatic carbocycles. The van der Waals surface area contributed by atoms with E-state index in [9.17, 15) is 9.59 Å². The summed E-state index contributed by atoms with van der Waals surface area (Å²) in [5.74, 6) is 0.0452. The molecule has 0 bridgehead atoms. The Hall–Kier alpha value is -2.63. The molecule has 1 aliphatic rings. The van der Waals surface area contributed by atoms with Crippen LogP contribution in [0.3, 0.4) is 0 Å². The van der Waals surface area contributed by atoms with Crippen LogP contribution in [0.25, 0.3) is 0 Å². The van der Waals surface area contributed by atoms with Crippen molar-refractivity contribution >= 4 is 11.8 Å². The maximum Gasteiger partial charge on any atom is 0.272 e. The molecule has 3 rings (SSSR count). The monoisotopic (exact) mass is 340 g/mol. The predicted molar refractivity (Wildman–Crippen MR) is 94.8 cm³/mol. The lowest BCUT2D eigenvalue weighted by Gasteiger charge is -2.31. The number of hydrogen-bond acceptors (Lipinski definition) is 3. The summed E-state index contributed by atoms with van der Waals surface area (Å²) in [5, 5.41) is 4.07. The maximum atomic E-state index is 12.8. The maximum absolute atomic E-state index is 12.8. The molecule has 1 atom stereocenters. The van der Waals surface area contributed by atoms with E-state index in [1.165, 1.54) is 0 Å². The zero-order valence-corrected chi connectivity index (χ0v) is 14.8. The van der Waals surface area contributed by atoms with Gasteiger partial charge in [0.05, 0.1) is 0 Å². The molecule has 0 spiro atoms. The Labute approximate surface area is 148 Å². The van der Waals surface area contributed by atoms with Gasteiger partial charge in [0.15, 0.2) is 0 Å². The van der Waals surface area contributed by atoms with Crippen molar-refractivity contribution in [3.63, 3.8) is 0 Å². The number of aryl methyl sites for hydroxylation is 1. The van der Waals surface area contributed by atoms with E-state index >= 15 is 0 Å². The second-order valence-corrected chi connectivity index (χ2v) is 6.41. The van der Waals surface area contributed by atoms with Gasteiger partial charge in [0.1, 0.15) is 5.69 Å². The molecule has 1 saturated heterocycles. The standard InChI is InChI=1S/C19H24N4O2/c1-3-16-14-22(19(25)17-9-11-20-21(17)2)12-10-18(24)23(16)13-15-7-5-4-6-8-15/h4-9,11,16H,3,10,12-14H2,1-2H3. The lowest BCUT2D eigenvalue weighted by Crippen LogP contribution is -2.44. The summed E-state index contributed by atoms with van der Waals surface area (Å²) in [7, 11) is 1.76. The van der Waals surface area contributed by atoms with Gasteiger partial charge in [-0.05, 0) is 18.1 Å². The fraction of sp³-hybridized carbons (Fsp3) is 0.421. The zero-order chi connectivity index (χ0) is 17.8. The fourth-order valence-corrected chi connectivity index (χ4v) is 3.30. The van der Waals surface area contributed by atoms with Crippen molar-refractivity contribution in [3.8, 4) is 0 Å². The Balaban J connectivity index is 1.79. The van der Waals surface area contributed by atoms with Gasteiger partial charge < -0.3 is 9.80 Å². The van der Waals surface area contributed by atoms with E-state index in [-0.39, 0.29) is 17.9 Å². The van der Waals surface area contributed by atoms with Gasteiger partial charge in [-0.2, -0.15) is 5.10 Å². The first-order valence-electron chi connectivity index (χ1n) is 8.70. The number of amides is 2. The molecule has 0 radical (unpaired) electrons. The molecule has 1 aliphatic heterocycles. The molecular weight excluding hydrogens is 316 g/mol. The summed E-state index contributed by atoms with van der Waals surface area (Å²) in [5.41, 5.74) is 1.67. The Morgan fingerprint density at radius 3 is 2.64 bits per heavy atom. The fourth-order valence-electron chi connectivity index (χ4n) is 3.30. The van der Waals surface area contributed by atoms with Crippen molar-refractivity contribution in [2.24, 2.45) is 7.05 Å². The largest absolute Gasteiger partial charge is 0.335 e. The Bertz CT molecular complexity index is 741. The Kier molecular flexibility index (Phi) is 5.16. The quantitative estimate of drug-likeness (QED) is 0.856. The molecule has 0 N–H and O–H groups in total. The van der Waals surface area contributed by atoms with E-state index in [1.807, 2.05) is 35.2 Å². The number of carbonyl (C=O) groups excluding carboxylic acids is 2. The van der Waals surface area contributed by atoms with Crippen molar-refractivity contribution in [2.75, 3.05) is 13.1 Å². The van der Waals surface area contributed by atoms with Crippen molar-refractivity contribution in [1.82, 2.24) is 19.6 Å². The van der Waals surface area contributed by atoms with E-state index < -0.39 is 0 Å².